The van der Waals surface area contributed by atoms with Crippen molar-refractivity contribution in [1.82, 2.24) is 0 Å². The van der Waals surface area contributed by atoms with Gasteiger partial charge in [0.2, 0.25) is 0 Å². The van der Waals surface area contributed by atoms with Crippen LogP contribution >= 0.6 is 0 Å². The summed E-state index contributed by atoms with van der Waals surface area (Å²) in [5.41, 5.74) is 2.40. The van der Waals surface area contributed by atoms with Crippen molar-refractivity contribution in [2.45, 2.75) is 20.3 Å². The highest BCUT2D eigenvalue weighted by atomic mass is 16.5. The molecule has 3 nitrogen and oxygen atoms in total. The second kappa shape index (κ2) is 7.54. The van der Waals surface area contributed by atoms with Gasteiger partial charge in [-0.15, -0.1) is 0 Å². The summed E-state index contributed by atoms with van der Waals surface area (Å²) >= 11 is 0. The summed E-state index contributed by atoms with van der Waals surface area (Å²) in [6.07, 6.45) is 1.92. The maximum absolute atomic E-state index is 10.9. The fraction of sp³-hybridized carbons (Fsp3) is 0.400. The molecule has 98 valence electrons. The molecule has 0 aliphatic heterocycles. The molecule has 0 atom stereocenters. The molecule has 0 bridgehead atoms. The number of carbonyl (C=O) groups excluding carboxylic acids is 1. The molecule has 0 aromatic heterocycles. The minimum Gasteiger partial charge on any atom is -0.462 e. The van der Waals surface area contributed by atoms with Crippen molar-refractivity contribution in [2.75, 3.05) is 24.6 Å². The average molecular weight is 247 g/mol. The normalized spacial score (nSPS) is 9.89. The molecule has 3 heteroatoms. The second-order valence-corrected chi connectivity index (χ2v) is 3.96. The van der Waals surface area contributed by atoms with Crippen LogP contribution in [0, 0.1) is 0 Å². The Labute approximate surface area is 109 Å². The van der Waals surface area contributed by atoms with E-state index in [0.717, 1.165) is 19.5 Å². The van der Waals surface area contributed by atoms with E-state index in [1.54, 1.807) is 0 Å². The van der Waals surface area contributed by atoms with E-state index >= 15 is 0 Å². The van der Waals surface area contributed by atoms with Crippen molar-refractivity contribution in [3.8, 4) is 0 Å². The molecule has 0 amide bonds. The SMILES string of the molecule is C=CC(=O)OCCc1ccc(N(CC)CC)cc1. The van der Waals surface area contributed by atoms with Gasteiger partial charge in [0, 0.05) is 31.3 Å². The quantitative estimate of drug-likeness (QED) is 0.548. The number of anilines is 1. The molecule has 0 saturated carbocycles. The van der Waals surface area contributed by atoms with Crippen molar-refractivity contribution in [3.05, 3.63) is 42.5 Å². The van der Waals surface area contributed by atoms with Crippen molar-refractivity contribution in [2.24, 2.45) is 0 Å². The molecule has 1 aromatic rings. The highest BCUT2D eigenvalue weighted by molar-refractivity contribution is 5.81. The molecule has 0 aliphatic rings. The lowest BCUT2D eigenvalue weighted by Crippen LogP contribution is -2.21. The zero-order chi connectivity index (χ0) is 13.4. The summed E-state index contributed by atoms with van der Waals surface area (Å²) in [5.74, 6) is -0.366. The van der Waals surface area contributed by atoms with E-state index in [0.29, 0.717) is 6.61 Å². The van der Waals surface area contributed by atoms with Gasteiger partial charge < -0.3 is 9.64 Å². The second-order valence-electron chi connectivity index (χ2n) is 3.96. The van der Waals surface area contributed by atoms with Gasteiger partial charge in [-0.3, -0.25) is 0 Å². The lowest BCUT2D eigenvalue weighted by Gasteiger charge is -2.21. The van der Waals surface area contributed by atoms with E-state index in [1.807, 2.05) is 0 Å². The lowest BCUT2D eigenvalue weighted by molar-refractivity contribution is -0.137. The number of carbonyl (C=O) groups is 1. The maximum Gasteiger partial charge on any atom is 0.330 e. The van der Waals surface area contributed by atoms with Gasteiger partial charge in [-0.1, -0.05) is 18.7 Å². The van der Waals surface area contributed by atoms with Crippen molar-refractivity contribution in [1.29, 1.82) is 0 Å². The van der Waals surface area contributed by atoms with Gasteiger partial charge in [0.05, 0.1) is 6.61 Å². The Hall–Kier alpha value is -1.77. The third-order valence-corrected chi connectivity index (χ3v) is 2.87. The number of benzene rings is 1. The number of hydrogen-bond donors (Lipinski definition) is 0. The zero-order valence-electron chi connectivity index (χ0n) is 11.2. The molecule has 0 heterocycles. The Kier molecular flexibility index (Phi) is 5.98. The monoisotopic (exact) mass is 247 g/mol. The molecule has 0 aliphatic carbocycles. The molecule has 1 aromatic carbocycles. The molecule has 0 unspecified atom stereocenters. The van der Waals surface area contributed by atoms with Crippen LogP contribution in [0.3, 0.4) is 0 Å². The van der Waals surface area contributed by atoms with Crippen LogP contribution in [0.2, 0.25) is 0 Å². The summed E-state index contributed by atoms with van der Waals surface area (Å²) in [7, 11) is 0. The van der Waals surface area contributed by atoms with Gasteiger partial charge in [-0.2, -0.15) is 0 Å². The first kappa shape index (κ1) is 14.3. The highest BCUT2D eigenvalue weighted by Gasteiger charge is 2.02. The number of esters is 1. The minimum absolute atomic E-state index is 0.366. The van der Waals surface area contributed by atoms with E-state index in [9.17, 15) is 4.79 Å². The smallest absolute Gasteiger partial charge is 0.330 e. The largest absolute Gasteiger partial charge is 0.462 e. The molecular weight excluding hydrogens is 226 g/mol. The van der Waals surface area contributed by atoms with E-state index in [2.05, 4.69) is 49.6 Å². The van der Waals surface area contributed by atoms with Crippen molar-refractivity contribution >= 4 is 11.7 Å². The number of hydrogen-bond acceptors (Lipinski definition) is 3. The predicted octanol–water partition coefficient (Wildman–Crippen LogP) is 2.80. The highest BCUT2D eigenvalue weighted by Crippen LogP contribution is 2.15. The summed E-state index contributed by atoms with van der Waals surface area (Å²) in [6, 6.07) is 8.38. The topological polar surface area (TPSA) is 29.5 Å². The van der Waals surface area contributed by atoms with Crippen LogP contribution in [-0.4, -0.2) is 25.7 Å². The van der Waals surface area contributed by atoms with Crippen LogP contribution in [0.4, 0.5) is 5.69 Å². The molecule has 0 spiro atoms. The number of nitrogens with zero attached hydrogens (tertiary/aromatic N) is 1. The standard InChI is InChI=1S/C15H21NO2/c1-4-15(17)18-12-11-13-7-9-14(10-8-13)16(5-2)6-3/h4,7-10H,1,5-6,11-12H2,2-3H3. The van der Waals surface area contributed by atoms with Crippen LogP contribution in [0.5, 0.6) is 0 Å². The van der Waals surface area contributed by atoms with E-state index in [1.165, 1.54) is 17.3 Å². The minimum atomic E-state index is -0.366. The first-order valence-corrected chi connectivity index (χ1v) is 6.34. The maximum atomic E-state index is 10.9. The van der Waals surface area contributed by atoms with Crippen molar-refractivity contribution in [3.63, 3.8) is 0 Å². The molecule has 0 N–H and O–H groups in total. The van der Waals surface area contributed by atoms with Gasteiger partial charge in [0.1, 0.15) is 0 Å². The summed E-state index contributed by atoms with van der Waals surface area (Å²) in [4.78, 5) is 13.2. The third-order valence-electron chi connectivity index (χ3n) is 2.87. The van der Waals surface area contributed by atoms with Gasteiger partial charge in [-0.05, 0) is 31.5 Å². The van der Waals surface area contributed by atoms with Crippen LogP contribution < -0.4 is 4.90 Å². The van der Waals surface area contributed by atoms with Gasteiger partial charge >= 0.3 is 5.97 Å². The summed E-state index contributed by atoms with van der Waals surface area (Å²) < 4.78 is 4.95. The Morgan fingerprint density at radius 3 is 2.39 bits per heavy atom. The number of rotatable bonds is 7. The van der Waals surface area contributed by atoms with Crippen LogP contribution in [0.15, 0.2) is 36.9 Å². The molecule has 18 heavy (non-hydrogen) atoms. The molecule has 0 radical (unpaired) electrons. The van der Waals surface area contributed by atoms with E-state index in [4.69, 9.17) is 4.74 Å². The van der Waals surface area contributed by atoms with E-state index in [-0.39, 0.29) is 5.97 Å². The van der Waals surface area contributed by atoms with E-state index < -0.39 is 0 Å². The molecule has 0 fully saturated rings. The first-order chi connectivity index (χ1) is 8.71. The molecular formula is C15H21NO2. The van der Waals surface area contributed by atoms with Gasteiger partial charge in [0.25, 0.3) is 0 Å². The van der Waals surface area contributed by atoms with Gasteiger partial charge in [-0.25, -0.2) is 4.79 Å². The number of ether oxygens (including phenoxy) is 1. The van der Waals surface area contributed by atoms with Gasteiger partial charge in [0.15, 0.2) is 0 Å². The van der Waals surface area contributed by atoms with Crippen LogP contribution in [-0.2, 0) is 16.0 Å². The average Bonchev–Trinajstić information content (AvgIpc) is 2.41. The van der Waals surface area contributed by atoms with Crippen LogP contribution in [0.25, 0.3) is 0 Å². The molecule has 0 saturated heterocycles. The third kappa shape index (κ3) is 4.24. The predicted molar refractivity (Wildman–Crippen MR) is 74.9 cm³/mol. The lowest BCUT2D eigenvalue weighted by atomic mass is 10.1. The fourth-order valence-corrected chi connectivity index (χ4v) is 1.79. The van der Waals surface area contributed by atoms with Crippen molar-refractivity contribution < 1.29 is 9.53 Å². The Bertz CT molecular complexity index is 380. The summed E-state index contributed by atoms with van der Waals surface area (Å²) in [6.45, 7) is 10.1. The Morgan fingerprint density at radius 1 is 1.28 bits per heavy atom. The van der Waals surface area contributed by atoms with Crippen LogP contribution in [0.1, 0.15) is 19.4 Å². The first-order valence-electron chi connectivity index (χ1n) is 6.34. The Morgan fingerprint density at radius 2 is 1.89 bits per heavy atom. The Balaban J connectivity index is 2.50. The zero-order valence-corrected chi connectivity index (χ0v) is 11.2. The summed E-state index contributed by atoms with van der Waals surface area (Å²) in [5, 5.41) is 0. The molecule has 1 rings (SSSR count). The fourth-order valence-electron chi connectivity index (χ4n) is 1.79.